The highest BCUT2D eigenvalue weighted by Gasteiger charge is 2.64. The van der Waals surface area contributed by atoms with Crippen LogP contribution in [-0.4, -0.2) is 66.4 Å². The zero-order valence-corrected chi connectivity index (χ0v) is 15.6. The summed E-state index contributed by atoms with van der Waals surface area (Å²) >= 11 is 1.38. The molecule has 0 spiro atoms. The normalized spacial score (nSPS) is 25.5. The monoisotopic (exact) mass is 403 g/mol. The van der Waals surface area contributed by atoms with Gasteiger partial charge in [0, 0.05) is 4.75 Å². The number of carboxylic acids is 1. The molecule has 1 aromatic carbocycles. The fraction of sp³-hybridized carbons (Fsp3) is 0.438. The Bertz CT molecular complexity index is 701. The van der Waals surface area contributed by atoms with Crippen molar-refractivity contribution in [3.05, 3.63) is 35.9 Å². The number of hydrogen-bond acceptors (Lipinski definition) is 5. The second-order valence-corrected chi connectivity index (χ2v) is 8.24. The van der Waals surface area contributed by atoms with Gasteiger partial charge in [0.1, 0.15) is 23.5 Å². The van der Waals surface area contributed by atoms with Gasteiger partial charge in [-0.25, -0.2) is 4.79 Å². The first-order valence-corrected chi connectivity index (χ1v) is 8.45. The highest BCUT2D eigenvalue weighted by molar-refractivity contribution is 8.01. The van der Waals surface area contributed by atoms with Crippen molar-refractivity contribution in [2.45, 2.75) is 42.1 Å². The summed E-state index contributed by atoms with van der Waals surface area (Å²) in [4.78, 5) is 37.5. The molecule has 4 atom stereocenters. The van der Waals surface area contributed by atoms with E-state index in [1.54, 1.807) is 38.1 Å². The minimum atomic E-state index is -1.03. The van der Waals surface area contributed by atoms with Gasteiger partial charge in [-0.1, -0.05) is 30.3 Å². The summed E-state index contributed by atoms with van der Waals surface area (Å²) in [5, 5.41) is 11.7. The standard InChI is InChI=1S/C16H19N3O4S.3H2O/c1-16(2)11(15(22)23)19-13(21)10(14(19)24-16)18-12(20)9(17)8-6-4-3-5-7-8;;;/h3-7,9-11,14H,17H2,1-2H3,(H,18,20)(H,22,23);3*1H2/t9-,10+,11-,14+;;;/m0.../s1. The summed E-state index contributed by atoms with van der Waals surface area (Å²) in [5.41, 5.74) is 6.59. The van der Waals surface area contributed by atoms with Crippen LogP contribution in [0.25, 0.3) is 0 Å². The Morgan fingerprint density at radius 2 is 1.78 bits per heavy atom. The maximum absolute atomic E-state index is 12.3. The predicted octanol–water partition coefficient (Wildman–Crippen LogP) is -2.16. The third-order valence-corrected chi connectivity index (χ3v) is 5.99. The van der Waals surface area contributed by atoms with E-state index in [1.807, 2.05) is 6.07 Å². The van der Waals surface area contributed by atoms with Gasteiger partial charge in [-0.3, -0.25) is 9.59 Å². The predicted molar refractivity (Wildman–Crippen MR) is 99.9 cm³/mol. The molecule has 3 rings (SSSR count). The van der Waals surface area contributed by atoms with Crippen LogP contribution in [0, 0.1) is 0 Å². The van der Waals surface area contributed by atoms with Crippen molar-refractivity contribution in [2.75, 3.05) is 0 Å². The first kappa shape index (κ1) is 24.8. The van der Waals surface area contributed by atoms with Crippen LogP contribution in [-0.2, 0) is 14.4 Å². The quantitative estimate of drug-likeness (QED) is 0.477. The molecule has 11 heteroatoms. The van der Waals surface area contributed by atoms with Crippen LogP contribution >= 0.6 is 11.8 Å². The number of nitrogens with one attached hydrogen (secondary N) is 1. The third kappa shape index (κ3) is 4.06. The second-order valence-electron chi connectivity index (χ2n) is 6.47. The van der Waals surface area contributed by atoms with E-state index in [9.17, 15) is 19.5 Å². The van der Waals surface area contributed by atoms with Crippen molar-refractivity contribution in [2.24, 2.45) is 5.73 Å². The number of β-lactam (4-membered cyclic amide) rings is 1. The minimum absolute atomic E-state index is 0. The largest absolute Gasteiger partial charge is 0.480 e. The number of nitrogens with two attached hydrogens (primary N) is 1. The molecule has 152 valence electrons. The Kier molecular flexibility index (Phi) is 7.97. The Balaban J connectivity index is 0.00000225. The first-order chi connectivity index (χ1) is 11.2. The summed E-state index contributed by atoms with van der Waals surface area (Å²) in [6.45, 7) is 3.58. The van der Waals surface area contributed by atoms with Gasteiger partial charge in [-0.15, -0.1) is 11.8 Å². The number of amides is 2. The highest BCUT2D eigenvalue weighted by Crippen LogP contribution is 2.50. The van der Waals surface area contributed by atoms with Crippen molar-refractivity contribution in [1.29, 1.82) is 0 Å². The minimum Gasteiger partial charge on any atom is -0.480 e. The molecule has 2 aliphatic heterocycles. The van der Waals surface area contributed by atoms with Crippen LogP contribution in [0.5, 0.6) is 0 Å². The van der Waals surface area contributed by atoms with Crippen LogP contribution < -0.4 is 11.1 Å². The van der Waals surface area contributed by atoms with E-state index in [4.69, 9.17) is 5.73 Å². The number of carboxylic acid groups (broad SMARTS) is 1. The van der Waals surface area contributed by atoms with E-state index in [-0.39, 0.29) is 27.7 Å². The summed E-state index contributed by atoms with van der Waals surface area (Å²) in [7, 11) is 0. The van der Waals surface area contributed by atoms with Crippen molar-refractivity contribution < 1.29 is 35.9 Å². The Morgan fingerprint density at radius 3 is 2.30 bits per heavy atom. The Morgan fingerprint density at radius 1 is 1.22 bits per heavy atom. The summed E-state index contributed by atoms with van der Waals surface area (Å²) in [6, 6.07) is 6.38. The Labute approximate surface area is 160 Å². The van der Waals surface area contributed by atoms with Gasteiger partial charge in [0.05, 0.1) is 0 Å². The second kappa shape index (κ2) is 8.67. The van der Waals surface area contributed by atoms with E-state index in [0.29, 0.717) is 5.56 Å². The first-order valence-electron chi connectivity index (χ1n) is 7.58. The molecule has 0 saturated carbocycles. The van der Waals surface area contributed by atoms with E-state index in [1.165, 1.54) is 16.7 Å². The van der Waals surface area contributed by atoms with Gasteiger partial charge in [-0.05, 0) is 19.4 Å². The summed E-state index contributed by atoms with van der Waals surface area (Å²) in [6.07, 6.45) is 0. The number of nitrogens with zero attached hydrogens (tertiary/aromatic N) is 1. The average Bonchev–Trinajstić information content (AvgIpc) is 2.80. The lowest BCUT2D eigenvalue weighted by Gasteiger charge is -2.43. The molecule has 2 saturated heterocycles. The summed E-state index contributed by atoms with van der Waals surface area (Å²) in [5.74, 6) is -1.86. The average molecular weight is 403 g/mol. The summed E-state index contributed by atoms with van der Waals surface area (Å²) < 4.78 is -0.618. The maximum atomic E-state index is 12.3. The molecular formula is C16H25N3O7S. The lowest BCUT2D eigenvalue weighted by Crippen LogP contribution is -2.71. The van der Waals surface area contributed by atoms with Crippen LogP contribution in [0.4, 0.5) is 0 Å². The molecule has 2 heterocycles. The van der Waals surface area contributed by atoms with Crippen LogP contribution in [0.2, 0.25) is 0 Å². The van der Waals surface area contributed by atoms with E-state index in [2.05, 4.69) is 5.32 Å². The molecule has 2 aliphatic rings. The fourth-order valence-electron chi connectivity index (χ4n) is 3.20. The number of aliphatic carboxylic acids is 1. The molecule has 0 aromatic heterocycles. The topological polar surface area (TPSA) is 207 Å². The number of carbonyl (C=O) groups is 3. The van der Waals surface area contributed by atoms with Gasteiger partial charge in [-0.2, -0.15) is 0 Å². The van der Waals surface area contributed by atoms with E-state index in [0.717, 1.165) is 0 Å². The highest BCUT2D eigenvalue weighted by atomic mass is 32.2. The van der Waals surface area contributed by atoms with Crippen LogP contribution in [0.1, 0.15) is 25.5 Å². The van der Waals surface area contributed by atoms with Gasteiger partial charge in [0.25, 0.3) is 0 Å². The fourth-order valence-corrected chi connectivity index (χ4v) is 4.83. The van der Waals surface area contributed by atoms with Crippen LogP contribution in [0.15, 0.2) is 30.3 Å². The van der Waals surface area contributed by atoms with E-state index < -0.39 is 34.7 Å². The molecule has 0 unspecified atom stereocenters. The SMILES string of the molecule is CC1(C)S[C@@H]2[C@H](NC(=O)[C@@H](N)c3ccccc3)C(=O)N2[C@H]1C(=O)O.O.O.O. The Hall–Kier alpha value is -2.18. The van der Waals surface area contributed by atoms with Crippen molar-refractivity contribution >= 4 is 29.5 Å². The number of benzene rings is 1. The number of fused-ring (bicyclic) bond motifs is 1. The van der Waals surface area contributed by atoms with E-state index >= 15 is 0 Å². The molecule has 0 aliphatic carbocycles. The molecule has 2 fully saturated rings. The molecule has 1 aromatic rings. The zero-order valence-electron chi connectivity index (χ0n) is 14.8. The maximum Gasteiger partial charge on any atom is 0.327 e. The molecule has 27 heavy (non-hydrogen) atoms. The smallest absolute Gasteiger partial charge is 0.327 e. The van der Waals surface area contributed by atoms with Gasteiger partial charge in [0.15, 0.2) is 0 Å². The number of hydrogen-bond donors (Lipinski definition) is 3. The number of thioether (sulfide) groups is 1. The lowest BCUT2D eigenvalue weighted by atomic mass is 9.95. The molecule has 10 N–H and O–H groups in total. The zero-order chi connectivity index (χ0) is 17.6. The van der Waals surface area contributed by atoms with Crippen molar-refractivity contribution in [3.63, 3.8) is 0 Å². The van der Waals surface area contributed by atoms with Gasteiger partial charge < -0.3 is 37.5 Å². The molecular weight excluding hydrogens is 378 g/mol. The molecule has 10 nitrogen and oxygen atoms in total. The van der Waals surface area contributed by atoms with Gasteiger partial charge in [0.2, 0.25) is 11.8 Å². The number of rotatable bonds is 4. The van der Waals surface area contributed by atoms with Crippen molar-refractivity contribution in [3.8, 4) is 0 Å². The third-order valence-electron chi connectivity index (χ3n) is 4.41. The lowest BCUT2D eigenvalue weighted by molar-refractivity contribution is -0.161. The molecule has 0 radical (unpaired) electrons. The number of carbonyl (C=O) groups excluding carboxylic acids is 2. The van der Waals surface area contributed by atoms with Gasteiger partial charge >= 0.3 is 5.97 Å². The molecule has 2 amide bonds. The van der Waals surface area contributed by atoms with Crippen LogP contribution in [0.3, 0.4) is 0 Å². The van der Waals surface area contributed by atoms with Crippen molar-refractivity contribution in [1.82, 2.24) is 10.2 Å². The molecule has 0 bridgehead atoms.